The van der Waals surface area contributed by atoms with Gasteiger partial charge >= 0.3 is 0 Å². The molecule has 26 heavy (non-hydrogen) atoms. The molecular weight excluding hydrogens is 335 g/mol. The fourth-order valence-corrected chi connectivity index (χ4v) is 6.10. The van der Waals surface area contributed by atoms with Crippen LogP contribution >= 0.6 is 0 Å². The molecule has 2 saturated carbocycles. The summed E-state index contributed by atoms with van der Waals surface area (Å²) in [7, 11) is 0. The molecule has 3 heterocycles. The first-order valence-electron chi connectivity index (χ1n) is 9.69. The van der Waals surface area contributed by atoms with Gasteiger partial charge in [0.25, 0.3) is 5.91 Å². The predicted octanol–water partition coefficient (Wildman–Crippen LogP) is 2.65. The summed E-state index contributed by atoms with van der Waals surface area (Å²) in [5.41, 5.74) is 3.26. The van der Waals surface area contributed by atoms with E-state index in [1.807, 2.05) is 0 Å². The summed E-state index contributed by atoms with van der Waals surface area (Å²) in [6.07, 6.45) is 7.29. The summed E-state index contributed by atoms with van der Waals surface area (Å²) < 4.78 is 21.1. The SMILES string of the molecule is O=C(NO)c1cc(F)c2c(c1)CCN(CC13CC4CC(CC(C4)O1)C3)C2. The number of nitrogens with one attached hydrogen (secondary N) is 1. The maximum atomic E-state index is 14.6. The van der Waals surface area contributed by atoms with Gasteiger partial charge in [-0.15, -0.1) is 0 Å². The van der Waals surface area contributed by atoms with Gasteiger partial charge in [-0.05, 0) is 68.1 Å². The van der Waals surface area contributed by atoms with Crippen LogP contribution in [0.15, 0.2) is 12.1 Å². The van der Waals surface area contributed by atoms with Crippen LogP contribution in [0.3, 0.4) is 0 Å². The number of ether oxygens (including phenoxy) is 1. The number of carbonyl (C=O) groups is 1. The fourth-order valence-electron chi connectivity index (χ4n) is 6.10. The lowest BCUT2D eigenvalue weighted by Crippen LogP contribution is -2.59. The van der Waals surface area contributed by atoms with E-state index in [0.717, 1.165) is 43.3 Å². The highest BCUT2D eigenvalue weighted by molar-refractivity contribution is 5.93. The van der Waals surface area contributed by atoms with E-state index >= 15 is 0 Å². The van der Waals surface area contributed by atoms with Crippen molar-refractivity contribution in [3.63, 3.8) is 0 Å². The molecule has 0 radical (unpaired) electrons. The quantitative estimate of drug-likeness (QED) is 0.643. The summed E-state index contributed by atoms with van der Waals surface area (Å²) in [5.74, 6) is 0.595. The minimum absolute atomic E-state index is 0.0283. The maximum Gasteiger partial charge on any atom is 0.274 e. The van der Waals surface area contributed by atoms with E-state index in [2.05, 4.69) is 4.90 Å². The lowest BCUT2D eigenvalue weighted by atomic mass is 9.62. The Balaban J connectivity index is 1.34. The summed E-state index contributed by atoms with van der Waals surface area (Å²) in [4.78, 5) is 13.9. The summed E-state index contributed by atoms with van der Waals surface area (Å²) >= 11 is 0. The van der Waals surface area contributed by atoms with Gasteiger partial charge < -0.3 is 4.74 Å². The van der Waals surface area contributed by atoms with Crippen molar-refractivity contribution < 1.29 is 19.1 Å². The average molecular weight is 360 g/mol. The number of fused-ring (bicyclic) bond motifs is 1. The molecule has 2 saturated heterocycles. The van der Waals surface area contributed by atoms with Crippen molar-refractivity contribution >= 4 is 5.91 Å². The molecule has 1 aromatic rings. The van der Waals surface area contributed by atoms with E-state index in [4.69, 9.17) is 9.94 Å². The van der Waals surface area contributed by atoms with Crippen LogP contribution in [0.1, 0.15) is 53.6 Å². The first-order valence-corrected chi connectivity index (χ1v) is 9.69. The molecule has 5 nitrogen and oxygen atoms in total. The van der Waals surface area contributed by atoms with Gasteiger partial charge in [-0.3, -0.25) is 14.9 Å². The summed E-state index contributed by atoms with van der Waals surface area (Å²) in [5, 5.41) is 8.77. The molecular formula is C20H25FN2O3. The number of benzene rings is 1. The zero-order valence-electron chi connectivity index (χ0n) is 14.8. The molecule has 0 aromatic heterocycles. The Kier molecular flexibility index (Phi) is 3.85. The second-order valence-corrected chi connectivity index (χ2v) is 8.77. The van der Waals surface area contributed by atoms with Crippen molar-refractivity contribution in [3.8, 4) is 0 Å². The van der Waals surface area contributed by atoms with Gasteiger partial charge in [0.05, 0.1) is 11.7 Å². The maximum absolute atomic E-state index is 14.6. The molecule has 2 aliphatic carbocycles. The first-order chi connectivity index (χ1) is 12.5. The van der Waals surface area contributed by atoms with Crippen LogP contribution in [-0.2, 0) is 17.7 Å². The van der Waals surface area contributed by atoms with Gasteiger partial charge in [-0.2, -0.15) is 0 Å². The Morgan fingerprint density at radius 3 is 2.77 bits per heavy atom. The average Bonchev–Trinajstić information content (AvgIpc) is 2.60. The number of hydroxylamine groups is 1. The number of rotatable bonds is 3. The van der Waals surface area contributed by atoms with E-state index in [0.29, 0.717) is 24.6 Å². The number of halogens is 1. The second-order valence-electron chi connectivity index (χ2n) is 8.77. The molecule has 4 bridgehead atoms. The van der Waals surface area contributed by atoms with Crippen molar-refractivity contribution in [2.24, 2.45) is 11.8 Å². The lowest BCUT2D eigenvalue weighted by Gasteiger charge is -2.57. The molecule has 1 amide bonds. The predicted molar refractivity (Wildman–Crippen MR) is 92.3 cm³/mol. The summed E-state index contributed by atoms with van der Waals surface area (Å²) in [6, 6.07) is 2.91. The topological polar surface area (TPSA) is 61.8 Å². The van der Waals surface area contributed by atoms with Crippen LogP contribution in [0.2, 0.25) is 0 Å². The molecule has 5 aliphatic rings. The van der Waals surface area contributed by atoms with Crippen LogP contribution in [0.5, 0.6) is 0 Å². The standard InChI is InChI=1S/C20H25FN2O3/c21-18-7-15(19(24)22-25)6-14-1-2-23(10-17(14)18)11-20-8-12-3-13(9-20)5-16(4-12)26-20/h6-7,12-13,16,25H,1-5,8-11H2,(H,22,24). The van der Waals surface area contributed by atoms with Crippen LogP contribution < -0.4 is 5.48 Å². The monoisotopic (exact) mass is 360 g/mol. The third-order valence-corrected chi connectivity index (χ3v) is 6.84. The number of hydrogen-bond donors (Lipinski definition) is 2. The minimum Gasteiger partial charge on any atom is -0.370 e. The molecule has 6 rings (SSSR count). The highest BCUT2D eigenvalue weighted by atomic mass is 19.1. The lowest BCUT2D eigenvalue weighted by molar-refractivity contribution is -0.226. The molecule has 140 valence electrons. The largest absolute Gasteiger partial charge is 0.370 e. The van der Waals surface area contributed by atoms with Gasteiger partial charge in [0.2, 0.25) is 0 Å². The summed E-state index contributed by atoms with van der Waals surface area (Å²) in [6.45, 7) is 2.29. The number of hydrogen-bond acceptors (Lipinski definition) is 4. The van der Waals surface area contributed by atoms with Crippen molar-refractivity contribution in [1.29, 1.82) is 0 Å². The Hall–Kier alpha value is -1.50. The first kappa shape index (κ1) is 16.7. The van der Waals surface area contributed by atoms with E-state index in [9.17, 15) is 9.18 Å². The van der Waals surface area contributed by atoms with Gasteiger partial charge in [0.1, 0.15) is 5.82 Å². The molecule has 2 N–H and O–H groups in total. The second kappa shape index (κ2) is 6.01. The van der Waals surface area contributed by atoms with E-state index in [1.165, 1.54) is 25.3 Å². The van der Waals surface area contributed by atoms with Gasteiger partial charge in [-0.25, -0.2) is 9.87 Å². The smallest absolute Gasteiger partial charge is 0.274 e. The number of nitrogens with zero attached hydrogens (tertiary/aromatic N) is 1. The van der Waals surface area contributed by atoms with Crippen molar-refractivity contribution in [2.45, 2.75) is 56.8 Å². The van der Waals surface area contributed by atoms with E-state index < -0.39 is 5.91 Å². The van der Waals surface area contributed by atoms with Crippen LogP contribution in [0.25, 0.3) is 0 Å². The minimum atomic E-state index is -0.670. The van der Waals surface area contributed by atoms with E-state index in [1.54, 1.807) is 11.5 Å². The molecule has 2 unspecified atom stereocenters. The van der Waals surface area contributed by atoms with Gasteiger partial charge in [-0.1, -0.05) is 0 Å². The van der Waals surface area contributed by atoms with Crippen LogP contribution in [0, 0.1) is 17.7 Å². The Morgan fingerprint density at radius 2 is 2.08 bits per heavy atom. The Morgan fingerprint density at radius 1 is 1.31 bits per heavy atom. The Bertz CT molecular complexity index is 716. The number of carbonyl (C=O) groups excluding carboxylic acids is 1. The van der Waals surface area contributed by atoms with Gasteiger partial charge in [0.15, 0.2) is 0 Å². The van der Waals surface area contributed by atoms with E-state index in [-0.39, 0.29) is 17.0 Å². The molecule has 1 aromatic carbocycles. The number of amides is 1. The van der Waals surface area contributed by atoms with Crippen LogP contribution in [0.4, 0.5) is 4.39 Å². The fraction of sp³-hybridized carbons (Fsp3) is 0.650. The van der Waals surface area contributed by atoms with Crippen molar-refractivity contribution in [2.75, 3.05) is 13.1 Å². The molecule has 2 atom stereocenters. The molecule has 0 spiro atoms. The third kappa shape index (κ3) is 2.75. The highest BCUT2D eigenvalue weighted by Gasteiger charge is 2.52. The zero-order valence-corrected chi connectivity index (χ0v) is 14.8. The molecule has 4 fully saturated rings. The van der Waals surface area contributed by atoms with Gasteiger partial charge in [0, 0.05) is 30.8 Å². The highest BCUT2D eigenvalue weighted by Crippen LogP contribution is 2.53. The van der Waals surface area contributed by atoms with Crippen molar-refractivity contribution in [1.82, 2.24) is 10.4 Å². The van der Waals surface area contributed by atoms with Crippen LogP contribution in [-0.4, -0.2) is 40.8 Å². The Labute approximate surface area is 152 Å². The zero-order chi connectivity index (χ0) is 17.9. The molecule has 6 heteroatoms. The third-order valence-electron chi connectivity index (χ3n) is 6.84. The van der Waals surface area contributed by atoms with Crippen molar-refractivity contribution in [3.05, 3.63) is 34.6 Å². The normalized spacial score (nSPS) is 35.4. The molecule has 3 aliphatic heterocycles.